The number of nitrogens with zero attached hydrogens (tertiary/aromatic N) is 2. The molecule has 86 valence electrons. The first-order chi connectivity index (χ1) is 6.90. The Labute approximate surface area is 92.9 Å². The molecule has 0 amide bonds. The molecule has 0 bridgehead atoms. The first-order valence-corrected chi connectivity index (χ1v) is 5.66. The largest absolute Gasteiger partial charge is 0.312 e. The molecule has 0 saturated heterocycles. The van der Waals surface area contributed by atoms with E-state index in [4.69, 9.17) is 0 Å². The van der Waals surface area contributed by atoms with Gasteiger partial charge in [-0.3, -0.25) is 4.68 Å². The lowest BCUT2D eigenvalue weighted by atomic mass is 10.1. The van der Waals surface area contributed by atoms with Gasteiger partial charge in [-0.05, 0) is 47.2 Å². The molecule has 1 atom stereocenters. The van der Waals surface area contributed by atoms with E-state index in [1.165, 1.54) is 5.69 Å². The van der Waals surface area contributed by atoms with Gasteiger partial charge in [0.05, 0.1) is 11.2 Å². The number of aryl methyl sites for hydroxylation is 1. The second-order valence-corrected chi connectivity index (χ2v) is 5.01. The lowest BCUT2D eigenvalue weighted by Crippen LogP contribution is -2.25. The summed E-state index contributed by atoms with van der Waals surface area (Å²) >= 11 is 0. The Balaban J connectivity index is 3.11. The van der Waals surface area contributed by atoms with E-state index in [9.17, 15) is 0 Å². The zero-order valence-corrected chi connectivity index (χ0v) is 10.8. The van der Waals surface area contributed by atoms with Crippen LogP contribution in [0.3, 0.4) is 0 Å². The Hall–Kier alpha value is -0.830. The van der Waals surface area contributed by atoms with Crippen LogP contribution in [0, 0.1) is 0 Å². The topological polar surface area (TPSA) is 29.9 Å². The first kappa shape index (κ1) is 12.2. The van der Waals surface area contributed by atoms with Gasteiger partial charge in [0.1, 0.15) is 0 Å². The molecule has 1 aromatic rings. The molecular formula is C12H23N3. The molecule has 0 saturated carbocycles. The van der Waals surface area contributed by atoms with Crippen LogP contribution in [0.25, 0.3) is 0 Å². The number of hydrogen-bond acceptors (Lipinski definition) is 2. The van der Waals surface area contributed by atoms with Crippen LogP contribution in [0.1, 0.15) is 52.0 Å². The van der Waals surface area contributed by atoms with E-state index < -0.39 is 0 Å². The molecule has 0 aliphatic heterocycles. The summed E-state index contributed by atoms with van der Waals surface area (Å²) in [6, 6.07) is 2.52. The van der Waals surface area contributed by atoms with Gasteiger partial charge in [-0.15, -0.1) is 0 Å². The van der Waals surface area contributed by atoms with Crippen molar-refractivity contribution >= 4 is 0 Å². The van der Waals surface area contributed by atoms with Gasteiger partial charge in [0.25, 0.3) is 0 Å². The predicted molar refractivity (Wildman–Crippen MR) is 64.1 cm³/mol. The number of hydrogen-bond donors (Lipinski definition) is 1. The maximum Gasteiger partial charge on any atom is 0.0794 e. The van der Waals surface area contributed by atoms with E-state index in [1.807, 2.05) is 7.05 Å². The van der Waals surface area contributed by atoms with Crippen molar-refractivity contribution in [3.05, 3.63) is 17.5 Å². The van der Waals surface area contributed by atoms with Crippen LogP contribution in [0.2, 0.25) is 0 Å². The Morgan fingerprint density at radius 3 is 2.40 bits per heavy atom. The van der Waals surface area contributed by atoms with E-state index in [0.29, 0.717) is 6.04 Å². The highest BCUT2D eigenvalue weighted by atomic mass is 15.3. The molecule has 1 heterocycles. The van der Waals surface area contributed by atoms with E-state index in [-0.39, 0.29) is 5.54 Å². The summed E-state index contributed by atoms with van der Waals surface area (Å²) in [7, 11) is 1.96. The summed E-state index contributed by atoms with van der Waals surface area (Å²) in [4.78, 5) is 0. The molecule has 0 aliphatic carbocycles. The van der Waals surface area contributed by atoms with Crippen molar-refractivity contribution < 1.29 is 0 Å². The lowest BCUT2D eigenvalue weighted by molar-refractivity contribution is 0.340. The maximum atomic E-state index is 4.68. The van der Waals surface area contributed by atoms with Crippen LogP contribution < -0.4 is 5.32 Å². The van der Waals surface area contributed by atoms with Crippen molar-refractivity contribution in [2.24, 2.45) is 0 Å². The average molecular weight is 209 g/mol. The minimum absolute atomic E-state index is 0.0665. The van der Waals surface area contributed by atoms with Gasteiger partial charge < -0.3 is 5.32 Å². The Morgan fingerprint density at radius 1 is 1.47 bits per heavy atom. The van der Waals surface area contributed by atoms with Crippen molar-refractivity contribution in [1.82, 2.24) is 15.1 Å². The highest BCUT2D eigenvalue weighted by Crippen LogP contribution is 2.20. The molecule has 3 nitrogen and oxygen atoms in total. The van der Waals surface area contributed by atoms with E-state index in [2.05, 4.69) is 55.8 Å². The van der Waals surface area contributed by atoms with Gasteiger partial charge in [-0.1, -0.05) is 6.92 Å². The first-order valence-electron chi connectivity index (χ1n) is 5.66. The molecule has 1 unspecified atom stereocenters. The van der Waals surface area contributed by atoms with Crippen molar-refractivity contribution in [3.63, 3.8) is 0 Å². The minimum atomic E-state index is 0.0665. The monoisotopic (exact) mass is 209 g/mol. The third-order valence-corrected chi connectivity index (χ3v) is 2.68. The van der Waals surface area contributed by atoms with Crippen LogP contribution in [0.4, 0.5) is 0 Å². The molecule has 1 N–H and O–H groups in total. The van der Waals surface area contributed by atoms with E-state index in [0.717, 1.165) is 12.1 Å². The highest BCUT2D eigenvalue weighted by molar-refractivity contribution is 5.15. The second kappa shape index (κ2) is 4.35. The third kappa shape index (κ3) is 2.59. The fourth-order valence-electron chi connectivity index (χ4n) is 1.63. The van der Waals surface area contributed by atoms with Gasteiger partial charge >= 0.3 is 0 Å². The molecule has 1 aromatic heterocycles. The average Bonchev–Trinajstić information content (AvgIpc) is 2.59. The molecule has 0 fully saturated rings. The molecule has 0 radical (unpaired) electrons. The van der Waals surface area contributed by atoms with Crippen molar-refractivity contribution in [3.8, 4) is 0 Å². The molecule has 0 spiro atoms. The van der Waals surface area contributed by atoms with Crippen LogP contribution in [-0.4, -0.2) is 16.8 Å². The Bertz CT molecular complexity index is 320. The van der Waals surface area contributed by atoms with Crippen molar-refractivity contribution in [2.75, 3.05) is 7.05 Å². The van der Waals surface area contributed by atoms with Gasteiger partial charge in [0.2, 0.25) is 0 Å². The molecule has 1 rings (SSSR count). The maximum absolute atomic E-state index is 4.68. The van der Waals surface area contributed by atoms with Crippen LogP contribution in [-0.2, 0) is 12.0 Å². The summed E-state index contributed by atoms with van der Waals surface area (Å²) < 4.78 is 2.14. The molecule has 0 aromatic carbocycles. The zero-order chi connectivity index (χ0) is 11.6. The summed E-state index contributed by atoms with van der Waals surface area (Å²) in [6.07, 6.45) is 1.03. The smallest absolute Gasteiger partial charge is 0.0794 e. The van der Waals surface area contributed by atoms with E-state index >= 15 is 0 Å². The van der Waals surface area contributed by atoms with Crippen molar-refractivity contribution in [2.45, 2.75) is 52.6 Å². The number of nitrogens with one attached hydrogen (secondary N) is 1. The standard InChI is InChI=1S/C12H23N3/c1-7-10-8-11(9(2)13-6)14-15(10)12(3,4)5/h8-9,13H,7H2,1-6H3. The SMILES string of the molecule is CCc1cc(C(C)NC)nn1C(C)(C)C. The van der Waals surface area contributed by atoms with Gasteiger partial charge in [0.15, 0.2) is 0 Å². The molecule has 3 heteroatoms. The normalized spacial score (nSPS) is 14.3. The summed E-state index contributed by atoms with van der Waals surface area (Å²) in [6.45, 7) is 10.9. The zero-order valence-electron chi connectivity index (χ0n) is 10.8. The quantitative estimate of drug-likeness (QED) is 0.829. The highest BCUT2D eigenvalue weighted by Gasteiger charge is 2.19. The van der Waals surface area contributed by atoms with Crippen LogP contribution in [0.5, 0.6) is 0 Å². The third-order valence-electron chi connectivity index (χ3n) is 2.68. The fraction of sp³-hybridized carbons (Fsp3) is 0.750. The number of rotatable bonds is 3. The van der Waals surface area contributed by atoms with Gasteiger partial charge in [-0.2, -0.15) is 5.10 Å². The Kier molecular flexibility index (Phi) is 3.55. The lowest BCUT2D eigenvalue weighted by Gasteiger charge is -2.22. The summed E-state index contributed by atoms with van der Waals surface area (Å²) in [5.74, 6) is 0. The molecular weight excluding hydrogens is 186 g/mol. The van der Waals surface area contributed by atoms with Crippen LogP contribution >= 0.6 is 0 Å². The predicted octanol–water partition coefficient (Wildman–Crippen LogP) is 2.48. The number of aromatic nitrogens is 2. The van der Waals surface area contributed by atoms with E-state index in [1.54, 1.807) is 0 Å². The van der Waals surface area contributed by atoms with Crippen LogP contribution in [0.15, 0.2) is 6.07 Å². The summed E-state index contributed by atoms with van der Waals surface area (Å²) in [5.41, 5.74) is 2.50. The Morgan fingerprint density at radius 2 is 2.07 bits per heavy atom. The molecule has 15 heavy (non-hydrogen) atoms. The van der Waals surface area contributed by atoms with Crippen molar-refractivity contribution in [1.29, 1.82) is 0 Å². The second-order valence-electron chi connectivity index (χ2n) is 5.01. The fourth-order valence-corrected chi connectivity index (χ4v) is 1.63. The summed E-state index contributed by atoms with van der Waals surface area (Å²) in [5, 5.41) is 7.90. The van der Waals surface area contributed by atoms with Gasteiger partial charge in [-0.25, -0.2) is 0 Å². The van der Waals surface area contributed by atoms with Gasteiger partial charge in [0, 0.05) is 11.7 Å². The molecule has 0 aliphatic rings. The minimum Gasteiger partial charge on any atom is -0.312 e.